The molecule has 0 aliphatic heterocycles. The molecule has 9 nitrogen and oxygen atoms in total. The van der Waals surface area contributed by atoms with Gasteiger partial charge in [-0.1, -0.05) is 31.4 Å². The molecule has 0 saturated heterocycles. The first kappa shape index (κ1) is 28.3. The summed E-state index contributed by atoms with van der Waals surface area (Å²) in [5, 5.41) is 3.09. The van der Waals surface area contributed by atoms with Gasteiger partial charge in [0.2, 0.25) is 21.8 Å². The normalized spacial score (nSPS) is 14.9. The number of methoxy groups -OCH3 is 2. The predicted octanol–water partition coefficient (Wildman–Crippen LogP) is 3.34. The molecule has 2 aromatic rings. The minimum absolute atomic E-state index is 0.0912. The number of anilines is 1. The minimum Gasteiger partial charge on any atom is -0.497 e. The van der Waals surface area contributed by atoms with E-state index in [1.54, 1.807) is 50.4 Å². The molecule has 1 aliphatic rings. The highest BCUT2D eigenvalue weighted by Crippen LogP contribution is 2.23. The molecule has 1 unspecified atom stereocenters. The SMILES string of the molecule is COc1ccc(CN(C(=O)CN(c2ccc(OC)cc2)S(C)(=O)=O)C(C)C(=O)NC2CCCCC2)cc1. The summed E-state index contributed by atoms with van der Waals surface area (Å²) in [6, 6.07) is 12.9. The van der Waals surface area contributed by atoms with E-state index in [4.69, 9.17) is 9.47 Å². The van der Waals surface area contributed by atoms with E-state index in [-0.39, 0.29) is 18.5 Å². The van der Waals surface area contributed by atoms with Gasteiger partial charge in [-0.15, -0.1) is 0 Å². The Bertz CT molecular complexity index is 1150. The highest BCUT2D eigenvalue weighted by molar-refractivity contribution is 7.92. The van der Waals surface area contributed by atoms with Crippen LogP contribution in [0.25, 0.3) is 0 Å². The summed E-state index contributed by atoms with van der Waals surface area (Å²) in [4.78, 5) is 28.3. The second kappa shape index (κ2) is 12.8. The van der Waals surface area contributed by atoms with Crippen molar-refractivity contribution in [3.63, 3.8) is 0 Å². The summed E-state index contributed by atoms with van der Waals surface area (Å²) >= 11 is 0. The van der Waals surface area contributed by atoms with Crippen molar-refractivity contribution in [3.8, 4) is 11.5 Å². The number of carbonyl (C=O) groups is 2. The first-order valence-electron chi connectivity index (χ1n) is 12.5. The summed E-state index contributed by atoms with van der Waals surface area (Å²) in [5.74, 6) is 0.512. The fourth-order valence-corrected chi connectivity index (χ4v) is 5.29. The molecule has 2 aromatic carbocycles. The monoisotopic (exact) mass is 531 g/mol. The lowest BCUT2D eigenvalue weighted by molar-refractivity contribution is -0.139. The Hall–Kier alpha value is -3.27. The minimum atomic E-state index is -3.79. The zero-order valence-electron chi connectivity index (χ0n) is 22.0. The molecule has 0 heterocycles. The van der Waals surface area contributed by atoms with Gasteiger partial charge in [0.05, 0.1) is 26.2 Å². The van der Waals surface area contributed by atoms with Crippen molar-refractivity contribution in [2.24, 2.45) is 0 Å². The molecule has 0 aromatic heterocycles. The maximum atomic E-state index is 13.7. The molecule has 1 N–H and O–H groups in total. The van der Waals surface area contributed by atoms with Crippen LogP contribution in [0.2, 0.25) is 0 Å². The van der Waals surface area contributed by atoms with Crippen molar-refractivity contribution in [1.29, 1.82) is 0 Å². The van der Waals surface area contributed by atoms with Gasteiger partial charge in [0, 0.05) is 12.6 Å². The molecule has 0 spiro atoms. The molecular weight excluding hydrogens is 494 g/mol. The average molecular weight is 532 g/mol. The van der Waals surface area contributed by atoms with Crippen molar-refractivity contribution in [3.05, 3.63) is 54.1 Å². The summed E-state index contributed by atoms with van der Waals surface area (Å²) in [5.41, 5.74) is 1.13. The third-order valence-electron chi connectivity index (χ3n) is 6.67. The quantitative estimate of drug-likeness (QED) is 0.477. The summed E-state index contributed by atoms with van der Waals surface area (Å²) < 4.78 is 36.8. The van der Waals surface area contributed by atoms with E-state index in [9.17, 15) is 18.0 Å². The maximum Gasteiger partial charge on any atom is 0.244 e. The first-order valence-corrected chi connectivity index (χ1v) is 14.3. The molecule has 1 fully saturated rings. The van der Waals surface area contributed by atoms with E-state index >= 15 is 0 Å². The molecule has 202 valence electrons. The molecule has 1 saturated carbocycles. The third kappa shape index (κ3) is 7.85. The second-order valence-corrected chi connectivity index (χ2v) is 11.3. The molecule has 37 heavy (non-hydrogen) atoms. The predicted molar refractivity (Wildman–Crippen MR) is 143 cm³/mol. The van der Waals surface area contributed by atoms with Crippen LogP contribution in [0.5, 0.6) is 11.5 Å². The van der Waals surface area contributed by atoms with E-state index in [0.29, 0.717) is 17.2 Å². The number of amides is 2. The van der Waals surface area contributed by atoms with Crippen molar-refractivity contribution < 1.29 is 27.5 Å². The highest BCUT2D eigenvalue weighted by Gasteiger charge is 2.31. The molecule has 3 rings (SSSR count). The number of hydrogen-bond acceptors (Lipinski definition) is 6. The Morgan fingerprint density at radius 3 is 2.00 bits per heavy atom. The Labute approximate surface area is 219 Å². The Kier molecular flexibility index (Phi) is 9.79. The van der Waals surface area contributed by atoms with Gasteiger partial charge in [-0.05, 0) is 61.7 Å². The molecule has 1 aliphatic carbocycles. The standard InChI is InChI=1S/C27H37N3O6S/c1-20(27(32)28-22-8-6-5-7-9-22)29(18-21-10-14-24(35-2)15-11-21)26(31)19-30(37(4,33)34)23-12-16-25(36-3)17-13-23/h10-17,20,22H,5-9,18-19H2,1-4H3,(H,28,32). The molecule has 1 atom stereocenters. The lowest BCUT2D eigenvalue weighted by Crippen LogP contribution is -2.52. The van der Waals surface area contributed by atoms with Crippen LogP contribution in [-0.4, -0.2) is 64.2 Å². The molecule has 10 heteroatoms. The van der Waals surface area contributed by atoms with Crippen LogP contribution in [0.3, 0.4) is 0 Å². The van der Waals surface area contributed by atoms with E-state index < -0.39 is 28.5 Å². The van der Waals surface area contributed by atoms with Crippen molar-refractivity contribution in [1.82, 2.24) is 10.2 Å². The number of ether oxygens (including phenoxy) is 2. The smallest absolute Gasteiger partial charge is 0.244 e. The second-order valence-electron chi connectivity index (χ2n) is 9.36. The molecule has 0 bridgehead atoms. The van der Waals surface area contributed by atoms with Crippen LogP contribution in [0, 0.1) is 0 Å². The van der Waals surface area contributed by atoms with Crippen molar-refractivity contribution >= 4 is 27.5 Å². The fourth-order valence-electron chi connectivity index (χ4n) is 4.44. The van der Waals surface area contributed by atoms with Gasteiger partial charge in [0.15, 0.2) is 0 Å². The number of rotatable bonds is 11. The zero-order chi connectivity index (χ0) is 27.0. The first-order chi connectivity index (χ1) is 17.6. The summed E-state index contributed by atoms with van der Waals surface area (Å²) in [7, 11) is -0.700. The Morgan fingerprint density at radius 1 is 0.946 bits per heavy atom. The number of benzene rings is 2. The Balaban J connectivity index is 1.86. The molecule has 2 amide bonds. The number of nitrogens with zero attached hydrogens (tertiary/aromatic N) is 2. The third-order valence-corrected chi connectivity index (χ3v) is 7.81. The number of sulfonamides is 1. The zero-order valence-corrected chi connectivity index (χ0v) is 22.8. The van der Waals surface area contributed by atoms with Crippen molar-refractivity contribution in [2.45, 2.75) is 57.7 Å². The highest BCUT2D eigenvalue weighted by atomic mass is 32.2. The molecule has 0 radical (unpaired) electrons. The van der Waals surface area contributed by atoms with Gasteiger partial charge in [-0.3, -0.25) is 13.9 Å². The van der Waals surface area contributed by atoms with Gasteiger partial charge in [0.1, 0.15) is 24.1 Å². The van der Waals surface area contributed by atoms with Gasteiger partial charge >= 0.3 is 0 Å². The average Bonchev–Trinajstić information content (AvgIpc) is 2.90. The van der Waals surface area contributed by atoms with Crippen LogP contribution in [0.1, 0.15) is 44.6 Å². The lowest BCUT2D eigenvalue weighted by atomic mass is 9.95. The van der Waals surface area contributed by atoms with Crippen LogP contribution >= 0.6 is 0 Å². The topological polar surface area (TPSA) is 105 Å². The van der Waals surface area contributed by atoms with Crippen LogP contribution < -0.4 is 19.1 Å². The van der Waals surface area contributed by atoms with Crippen LogP contribution in [0.4, 0.5) is 5.69 Å². The summed E-state index contributed by atoms with van der Waals surface area (Å²) in [6.45, 7) is 1.38. The summed E-state index contributed by atoms with van der Waals surface area (Å²) in [6.07, 6.45) is 6.20. The van der Waals surface area contributed by atoms with E-state index in [2.05, 4.69) is 5.32 Å². The van der Waals surface area contributed by atoms with Crippen LogP contribution in [0.15, 0.2) is 48.5 Å². The van der Waals surface area contributed by atoms with E-state index in [0.717, 1.165) is 48.2 Å². The van der Waals surface area contributed by atoms with Gasteiger partial charge in [0.25, 0.3) is 0 Å². The number of hydrogen-bond donors (Lipinski definition) is 1. The Morgan fingerprint density at radius 2 is 1.49 bits per heavy atom. The van der Waals surface area contributed by atoms with E-state index in [1.165, 1.54) is 12.0 Å². The number of nitrogens with one attached hydrogen (secondary N) is 1. The van der Waals surface area contributed by atoms with Crippen molar-refractivity contribution in [2.75, 3.05) is 31.3 Å². The van der Waals surface area contributed by atoms with Gasteiger partial charge in [-0.25, -0.2) is 8.42 Å². The van der Waals surface area contributed by atoms with Gasteiger partial charge < -0.3 is 19.7 Å². The number of carbonyl (C=O) groups excluding carboxylic acids is 2. The van der Waals surface area contributed by atoms with Crippen LogP contribution in [-0.2, 0) is 26.2 Å². The fraction of sp³-hybridized carbons (Fsp3) is 0.481. The van der Waals surface area contributed by atoms with E-state index in [1.807, 2.05) is 12.1 Å². The molecular formula is C27H37N3O6S. The lowest BCUT2D eigenvalue weighted by Gasteiger charge is -2.33. The maximum absolute atomic E-state index is 13.7. The largest absolute Gasteiger partial charge is 0.497 e. The van der Waals surface area contributed by atoms with Gasteiger partial charge in [-0.2, -0.15) is 0 Å².